The molecular weight excluding hydrogens is 325 g/mol. The molecule has 1 amide bonds. The maximum atomic E-state index is 13.7. The third-order valence-corrected chi connectivity index (χ3v) is 4.19. The van der Waals surface area contributed by atoms with E-state index < -0.39 is 28.3 Å². The zero-order valence-corrected chi connectivity index (χ0v) is 13.4. The first-order valence-corrected chi connectivity index (χ1v) is 8.52. The van der Waals surface area contributed by atoms with E-state index in [9.17, 15) is 17.6 Å². The number of hydrogen-bond donors (Lipinski definition) is 1. The van der Waals surface area contributed by atoms with Crippen molar-refractivity contribution in [1.82, 2.24) is 9.46 Å². The number of rotatable bonds is 6. The molecule has 124 valence electrons. The van der Waals surface area contributed by atoms with Gasteiger partial charge in [-0.05, 0) is 13.0 Å². The highest BCUT2D eigenvalue weighted by Crippen LogP contribution is 2.13. The van der Waals surface area contributed by atoms with Gasteiger partial charge in [0.2, 0.25) is 15.9 Å². The van der Waals surface area contributed by atoms with Gasteiger partial charge >= 0.3 is 0 Å². The van der Waals surface area contributed by atoms with E-state index in [1.54, 1.807) is 13.0 Å². The molecule has 9 heteroatoms. The predicted octanol–water partition coefficient (Wildman–Crippen LogP) is 1.52. The largest absolute Gasteiger partial charge is 0.360 e. The van der Waals surface area contributed by atoms with Crippen molar-refractivity contribution in [1.29, 1.82) is 0 Å². The first kappa shape index (κ1) is 17.1. The number of aryl methyl sites for hydroxylation is 1. The summed E-state index contributed by atoms with van der Waals surface area (Å²) < 4.78 is 43.0. The molecule has 0 spiro atoms. The molecule has 1 N–H and O–H groups in total. The molecule has 2 rings (SSSR count). The number of halogens is 1. The van der Waals surface area contributed by atoms with Gasteiger partial charge in [0.1, 0.15) is 11.6 Å². The molecule has 0 aliphatic heterocycles. The Morgan fingerprint density at radius 3 is 2.65 bits per heavy atom. The maximum absolute atomic E-state index is 13.7. The quantitative estimate of drug-likeness (QED) is 0.860. The number of sulfonamides is 1. The number of carbonyl (C=O) groups is 1. The Morgan fingerprint density at radius 1 is 1.39 bits per heavy atom. The number of hydrogen-bond acceptors (Lipinski definition) is 5. The van der Waals surface area contributed by atoms with Crippen LogP contribution in [0.15, 0.2) is 34.9 Å². The molecule has 0 bridgehead atoms. The van der Waals surface area contributed by atoms with Crippen LogP contribution in [0.4, 0.5) is 10.2 Å². The fourth-order valence-electron chi connectivity index (χ4n) is 1.87. The van der Waals surface area contributed by atoms with Crippen molar-refractivity contribution in [2.75, 3.05) is 18.1 Å². The second-order valence-corrected chi connectivity index (χ2v) is 6.98. The fraction of sp³-hybridized carbons (Fsp3) is 0.286. The van der Waals surface area contributed by atoms with Crippen molar-refractivity contribution >= 4 is 21.7 Å². The van der Waals surface area contributed by atoms with Gasteiger partial charge in [-0.3, -0.25) is 4.79 Å². The van der Waals surface area contributed by atoms with Gasteiger partial charge in [0.25, 0.3) is 0 Å². The molecule has 1 heterocycles. The van der Waals surface area contributed by atoms with E-state index in [2.05, 4.69) is 10.5 Å². The third-order valence-electron chi connectivity index (χ3n) is 2.99. The summed E-state index contributed by atoms with van der Waals surface area (Å²) in [7, 11) is -3.70. The Hall–Kier alpha value is -2.26. The first-order valence-electron chi connectivity index (χ1n) is 6.67. The number of carbonyl (C=O) groups excluding carboxylic acids is 1. The molecular formula is C14H16FN3O4S. The van der Waals surface area contributed by atoms with Crippen LogP contribution in [0, 0.1) is 12.7 Å². The van der Waals surface area contributed by atoms with E-state index in [-0.39, 0.29) is 17.9 Å². The van der Waals surface area contributed by atoms with Crippen LogP contribution >= 0.6 is 0 Å². The van der Waals surface area contributed by atoms with E-state index >= 15 is 0 Å². The SMILES string of the molecule is Cc1cc(NC(=O)CN(Cc2ccccc2F)S(C)(=O)=O)no1. The summed E-state index contributed by atoms with van der Waals surface area (Å²) in [4.78, 5) is 12.0. The Morgan fingerprint density at radius 2 is 2.09 bits per heavy atom. The number of benzene rings is 1. The van der Waals surface area contributed by atoms with Crippen LogP contribution in [0.2, 0.25) is 0 Å². The molecule has 0 radical (unpaired) electrons. The zero-order chi connectivity index (χ0) is 17.0. The van der Waals surface area contributed by atoms with Crippen molar-refractivity contribution in [3.05, 3.63) is 47.5 Å². The average Bonchev–Trinajstić information content (AvgIpc) is 2.84. The lowest BCUT2D eigenvalue weighted by Crippen LogP contribution is -2.37. The van der Waals surface area contributed by atoms with Crippen molar-refractivity contribution in [2.24, 2.45) is 0 Å². The second-order valence-electron chi connectivity index (χ2n) is 4.99. The minimum absolute atomic E-state index is 0.183. The van der Waals surface area contributed by atoms with Gasteiger partial charge < -0.3 is 9.84 Å². The Balaban J connectivity index is 2.10. The fourth-order valence-corrected chi connectivity index (χ4v) is 2.60. The average molecular weight is 341 g/mol. The second kappa shape index (κ2) is 6.88. The number of nitrogens with zero attached hydrogens (tertiary/aromatic N) is 2. The summed E-state index contributed by atoms with van der Waals surface area (Å²) >= 11 is 0. The first-order chi connectivity index (χ1) is 10.8. The summed E-state index contributed by atoms with van der Waals surface area (Å²) in [5, 5.41) is 6.01. The van der Waals surface area contributed by atoms with Crippen LogP contribution < -0.4 is 5.32 Å². The highest BCUT2D eigenvalue weighted by atomic mass is 32.2. The smallest absolute Gasteiger partial charge is 0.240 e. The molecule has 0 atom stereocenters. The standard InChI is InChI=1S/C14H16FN3O4S/c1-10-7-13(17-22-10)16-14(19)9-18(23(2,20)21)8-11-5-3-4-6-12(11)15/h3-7H,8-9H2,1-2H3,(H,16,17,19). The van der Waals surface area contributed by atoms with Crippen LogP contribution in [-0.4, -0.2) is 36.6 Å². The molecule has 1 aromatic carbocycles. The zero-order valence-electron chi connectivity index (χ0n) is 12.6. The van der Waals surface area contributed by atoms with Crippen LogP contribution in [0.3, 0.4) is 0 Å². The predicted molar refractivity (Wildman–Crippen MR) is 81.5 cm³/mol. The van der Waals surface area contributed by atoms with Gasteiger partial charge in [-0.1, -0.05) is 23.4 Å². The van der Waals surface area contributed by atoms with Crippen molar-refractivity contribution in [2.45, 2.75) is 13.5 Å². The molecule has 0 unspecified atom stereocenters. The van der Waals surface area contributed by atoms with Gasteiger partial charge in [-0.2, -0.15) is 4.31 Å². The molecule has 2 aromatic rings. The van der Waals surface area contributed by atoms with Gasteiger partial charge in [-0.25, -0.2) is 12.8 Å². The lowest BCUT2D eigenvalue weighted by molar-refractivity contribution is -0.116. The van der Waals surface area contributed by atoms with Gasteiger partial charge in [0.15, 0.2) is 5.82 Å². The van der Waals surface area contributed by atoms with E-state index in [0.717, 1.165) is 10.6 Å². The minimum atomic E-state index is -3.70. The summed E-state index contributed by atoms with van der Waals surface area (Å²) in [6, 6.07) is 7.29. The highest BCUT2D eigenvalue weighted by Gasteiger charge is 2.22. The van der Waals surface area contributed by atoms with E-state index in [0.29, 0.717) is 5.76 Å². The van der Waals surface area contributed by atoms with Gasteiger partial charge in [0, 0.05) is 18.2 Å². The summed E-state index contributed by atoms with van der Waals surface area (Å²) in [6.45, 7) is 0.958. The molecule has 0 saturated carbocycles. The Kier molecular flexibility index (Phi) is 5.12. The van der Waals surface area contributed by atoms with E-state index in [4.69, 9.17) is 4.52 Å². The summed E-state index contributed by atoms with van der Waals surface area (Å²) in [5.74, 6) is -0.438. The normalized spacial score (nSPS) is 11.7. The van der Waals surface area contributed by atoms with E-state index in [1.165, 1.54) is 24.3 Å². The van der Waals surface area contributed by atoms with Crippen LogP contribution in [-0.2, 0) is 21.4 Å². The Bertz CT molecular complexity index is 804. The topological polar surface area (TPSA) is 92.5 Å². The Labute approximate surface area is 133 Å². The minimum Gasteiger partial charge on any atom is -0.360 e. The van der Waals surface area contributed by atoms with Crippen molar-refractivity contribution < 1.29 is 22.1 Å². The summed E-state index contributed by atoms with van der Waals surface area (Å²) in [6.07, 6.45) is 0.960. The lowest BCUT2D eigenvalue weighted by atomic mass is 10.2. The summed E-state index contributed by atoms with van der Waals surface area (Å²) in [5.41, 5.74) is 0.183. The van der Waals surface area contributed by atoms with Gasteiger partial charge in [-0.15, -0.1) is 0 Å². The molecule has 7 nitrogen and oxygen atoms in total. The van der Waals surface area contributed by atoms with Crippen LogP contribution in [0.1, 0.15) is 11.3 Å². The monoisotopic (exact) mass is 341 g/mol. The molecule has 0 fully saturated rings. The number of anilines is 1. The molecule has 0 saturated heterocycles. The van der Waals surface area contributed by atoms with Crippen molar-refractivity contribution in [3.8, 4) is 0 Å². The van der Waals surface area contributed by atoms with Crippen LogP contribution in [0.5, 0.6) is 0 Å². The number of aromatic nitrogens is 1. The number of amides is 1. The maximum Gasteiger partial charge on any atom is 0.240 e. The van der Waals surface area contributed by atoms with Crippen LogP contribution in [0.25, 0.3) is 0 Å². The lowest BCUT2D eigenvalue weighted by Gasteiger charge is -2.19. The highest BCUT2D eigenvalue weighted by molar-refractivity contribution is 7.88. The number of nitrogens with one attached hydrogen (secondary N) is 1. The molecule has 1 aromatic heterocycles. The van der Waals surface area contributed by atoms with E-state index in [1.807, 2.05) is 0 Å². The molecule has 23 heavy (non-hydrogen) atoms. The molecule has 0 aliphatic rings. The molecule has 0 aliphatic carbocycles. The van der Waals surface area contributed by atoms with Crippen molar-refractivity contribution in [3.63, 3.8) is 0 Å². The third kappa shape index (κ3) is 4.86. The van der Waals surface area contributed by atoms with Gasteiger partial charge in [0.05, 0.1) is 12.8 Å².